The van der Waals surface area contributed by atoms with Gasteiger partial charge in [0.2, 0.25) is 0 Å². The molecule has 0 spiro atoms. The van der Waals surface area contributed by atoms with E-state index in [1.54, 1.807) is 0 Å². The van der Waals surface area contributed by atoms with E-state index in [-0.39, 0.29) is 25.2 Å². The Balaban J connectivity index is 3.46. The molecule has 1 atom stereocenters. The first-order valence-electron chi connectivity index (χ1n) is 35.3. The highest BCUT2D eigenvalue weighted by Crippen LogP contribution is 2.18. The summed E-state index contributed by atoms with van der Waals surface area (Å²) in [5.41, 5.74) is 0. The van der Waals surface area contributed by atoms with Gasteiger partial charge in [0.25, 0.3) is 0 Å². The molecule has 5 heteroatoms. The molecular weight excluding hydrogens is 993 g/mol. The zero-order valence-electron chi connectivity index (χ0n) is 53.8. The second-order valence-corrected chi connectivity index (χ2v) is 23.6. The molecule has 5 nitrogen and oxygen atoms in total. The highest BCUT2D eigenvalue weighted by Gasteiger charge is 2.16. The van der Waals surface area contributed by atoms with Gasteiger partial charge in [-0.05, 0) is 77.0 Å². The molecule has 0 saturated carbocycles. The molecule has 1 N–H and O–H groups in total. The SMILES string of the molecule is CC/C=C\C/C=C\C/C=C\C/C=C\C/C=C\C/C=C\C/C=C\C/C=C\CCCCCCCCCCCCCCCCCCC(=O)OC(CO)COC(=O)CCCCCCCCCCCCCCCCCCCCCCCCCCCC. The minimum atomic E-state index is -0.774. The van der Waals surface area contributed by atoms with Crippen molar-refractivity contribution in [3.63, 3.8) is 0 Å². The number of esters is 2. The van der Waals surface area contributed by atoms with Gasteiger partial charge >= 0.3 is 11.9 Å². The lowest BCUT2D eigenvalue weighted by molar-refractivity contribution is -0.161. The molecule has 0 aromatic rings. The average Bonchev–Trinajstić information content (AvgIpc) is 3.47. The number of carbonyl (C=O) groups excluding carboxylic acids is 2. The molecule has 0 aliphatic carbocycles. The van der Waals surface area contributed by atoms with Crippen LogP contribution in [0.3, 0.4) is 0 Å². The predicted octanol–water partition coefficient (Wildman–Crippen LogP) is 24.6. The third-order valence-corrected chi connectivity index (χ3v) is 15.6. The lowest BCUT2D eigenvalue weighted by Crippen LogP contribution is -2.28. The van der Waals surface area contributed by atoms with E-state index in [4.69, 9.17) is 9.47 Å². The number of ether oxygens (including phenoxy) is 2. The number of rotatable bonds is 65. The Morgan fingerprint density at radius 1 is 0.296 bits per heavy atom. The van der Waals surface area contributed by atoms with Gasteiger partial charge in [0.1, 0.15) is 6.61 Å². The third kappa shape index (κ3) is 69.2. The minimum Gasteiger partial charge on any atom is -0.462 e. The van der Waals surface area contributed by atoms with Crippen molar-refractivity contribution in [1.82, 2.24) is 0 Å². The van der Waals surface area contributed by atoms with Crippen LogP contribution >= 0.6 is 0 Å². The summed E-state index contributed by atoms with van der Waals surface area (Å²) >= 11 is 0. The first-order valence-corrected chi connectivity index (χ1v) is 35.3. The Morgan fingerprint density at radius 3 is 0.802 bits per heavy atom. The van der Waals surface area contributed by atoms with Crippen LogP contribution in [0.15, 0.2) is 97.2 Å². The number of hydrogen-bond acceptors (Lipinski definition) is 5. The average molecular weight is 1130 g/mol. The van der Waals surface area contributed by atoms with E-state index in [1.165, 1.54) is 238 Å². The second-order valence-electron chi connectivity index (χ2n) is 23.6. The summed E-state index contributed by atoms with van der Waals surface area (Å²) in [5, 5.41) is 9.70. The van der Waals surface area contributed by atoms with Crippen LogP contribution in [0, 0.1) is 0 Å². The van der Waals surface area contributed by atoms with Crippen LogP contribution in [0.5, 0.6) is 0 Å². The first-order chi connectivity index (χ1) is 40.1. The molecule has 0 rings (SSSR count). The van der Waals surface area contributed by atoms with Crippen LogP contribution in [-0.2, 0) is 19.1 Å². The Labute approximate surface area is 504 Å². The van der Waals surface area contributed by atoms with Crippen LogP contribution in [-0.4, -0.2) is 36.4 Å². The molecule has 0 bridgehead atoms. The van der Waals surface area contributed by atoms with Crippen molar-refractivity contribution < 1.29 is 24.2 Å². The molecule has 0 fully saturated rings. The lowest BCUT2D eigenvalue weighted by atomic mass is 10.0. The molecule has 1 unspecified atom stereocenters. The van der Waals surface area contributed by atoms with Crippen molar-refractivity contribution in [3.05, 3.63) is 97.2 Å². The van der Waals surface area contributed by atoms with Crippen molar-refractivity contribution in [1.29, 1.82) is 0 Å². The predicted molar refractivity (Wildman–Crippen MR) is 357 cm³/mol. The van der Waals surface area contributed by atoms with E-state index >= 15 is 0 Å². The minimum absolute atomic E-state index is 0.0631. The van der Waals surface area contributed by atoms with Gasteiger partial charge in [-0.25, -0.2) is 0 Å². The fourth-order valence-electron chi connectivity index (χ4n) is 10.4. The van der Waals surface area contributed by atoms with Gasteiger partial charge in [0.15, 0.2) is 6.10 Å². The van der Waals surface area contributed by atoms with Crippen LogP contribution in [0.2, 0.25) is 0 Å². The fourth-order valence-corrected chi connectivity index (χ4v) is 10.4. The molecule has 0 heterocycles. The maximum atomic E-state index is 12.4. The van der Waals surface area contributed by atoms with Crippen molar-refractivity contribution >= 4 is 11.9 Å². The van der Waals surface area contributed by atoms with Crippen LogP contribution < -0.4 is 0 Å². The van der Waals surface area contributed by atoms with Gasteiger partial charge < -0.3 is 14.6 Å². The fraction of sp³-hybridized carbons (Fsp3) is 0.763. The molecule has 0 radical (unpaired) electrons. The van der Waals surface area contributed by atoms with Crippen LogP contribution in [0.4, 0.5) is 0 Å². The van der Waals surface area contributed by atoms with Gasteiger partial charge in [-0.15, -0.1) is 0 Å². The Morgan fingerprint density at radius 2 is 0.531 bits per heavy atom. The molecule has 0 aliphatic rings. The third-order valence-electron chi connectivity index (χ3n) is 15.6. The number of hydrogen-bond donors (Lipinski definition) is 1. The van der Waals surface area contributed by atoms with Gasteiger partial charge in [0.05, 0.1) is 6.61 Å². The van der Waals surface area contributed by atoms with E-state index in [0.29, 0.717) is 12.8 Å². The standard InChI is InChI=1S/C76H134O5/c1-3-5-7-9-11-13-15-17-19-21-23-25-27-29-31-32-33-34-35-36-37-38-39-40-41-42-43-44-45-47-49-51-53-55-57-59-61-63-65-67-69-71-76(79)81-74(72-77)73-80-75(78)70-68-66-64-62-60-58-56-54-52-50-48-46-30-28-26-24-22-20-18-16-14-12-10-8-6-4-2/h5,7,11,13,17,19,23,25,29,31,33-34,36-37,39-40,74,77H,3-4,6,8-10,12,14-16,18,20-22,24,26-28,30,32,35,38,41-73H2,1-2H3/b7-5-,13-11-,19-17-,25-23-,31-29-,34-33-,37-36-,40-39-. The number of carbonyl (C=O) groups is 2. The van der Waals surface area contributed by atoms with Crippen molar-refractivity contribution in [3.8, 4) is 0 Å². The van der Waals surface area contributed by atoms with Crippen LogP contribution in [0.1, 0.15) is 354 Å². The molecule has 0 aliphatic heterocycles. The quantitative estimate of drug-likeness (QED) is 0.0373. The molecule has 468 valence electrons. The zero-order valence-corrected chi connectivity index (χ0v) is 53.8. The first kappa shape index (κ1) is 77.8. The summed E-state index contributed by atoms with van der Waals surface area (Å²) < 4.78 is 10.8. The summed E-state index contributed by atoms with van der Waals surface area (Å²) in [6.07, 6.45) is 102. The van der Waals surface area contributed by atoms with Gasteiger partial charge in [-0.1, -0.05) is 361 Å². The number of aliphatic hydroxyl groups is 1. The maximum Gasteiger partial charge on any atom is 0.306 e. The van der Waals surface area contributed by atoms with E-state index in [0.717, 1.165) is 89.9 Å². The summed E-state index contributed by atoms with van der Waals surface area (Å²) in [6, 6.07) is 0. The Bertz CT molecular complexity index is 1510. The van der Waals surface area contributed by atoms with E-state index < -0.39 is 6.10 Å². The summed E-state index contributed by atoms with van der Waals surface area (Å²) in [4.78, 5) is 24.6. The molecule has 0 aromatic carbocycles. The Kier molecular flexibility index (Phi) is 68.3. The molecule has 81 heavy (non-hydrogen) atoms. The van der Waals surface area contributed by atoms with Gasteiger partial charge in [-0.3, -0.25) is 9.59 Å². The maximum absolute atomic E-state index is 12.4. The van der Waals surface area contributed by atoms with Gasteiger partial charge in [0, 0.05) is 12.8 Å². The largest absolute Gasteiger partial charge is 0.462 e. The van der Waals surface area contributed by atoms with E-state index in [9.17, 15) is 14.7 Å². The van der Waals surface area contributed by atoms with Gasteiger partial charge in [-0.2, -0.15) is 0 Å². The van der Waals surface area contributed by atoms with Crippen LogP contribution in [0.25, 0.3) is 0 Å². The van der Waals surface area contributed by atoms with E-state index in [1.807, 2.05) is 0 Å². The highest BCUT2D eigenvalue weighted by molar-refractivity contribution is 5.70. The van der Waals surface area contributed by atoms with Crippen molar-refractivity contribution in [2.75, 3.05) is 13.2 Å². The monoisotopic (exact) mass is 1130 g/mol. The summed E-state index contributed by atoms with van der Waals surface area (Å²) in [5.74, 6) is -0.574. The normalized spacial score (nSPS) is 12.8. The van der Waals surface area contributed by atoms with Crippen molar-refractivity contribution in [2.24, 2.45) is 0 Å². The van der Waals surface area contributed by atoms with Crippen molar-refractivity contribution in [2.45, 2.75) is 360 Å². The molecule has 0 aromatic heterocycles. The summed E-state index contributed by atoms with van der Waals surface area (Å²) in [7, 11) is 0. The smallest absolute Gasteiger partial charge is 0.306 e. The number of unbranched alkanes of at least 4 members (excludes halogenated alkanes) is 41. The molecule has 0 amide bonds. The zero-order chi connectivity index (χ0) is 58.4. The number of aliphatic hydroxyl groups excluding tert-OH is 1. The highest BCUT2D eigenvalue weighted by atomic mass is 16.6. The molecular formula is C76H134O5. The topological polar surface area (TPSA) is 72.8 Å². The molecule has 0 saturated heterocycles. The van der Waals surface area contributed by atoms with E-state index in [2.05, 4.69) is 111 Å². The lowest BCUT2D eigenvalue weighted by Gasteiger charge is -2.15. The summed E-state index contributed by atoms with van der Waals surface area (Å²) in [6.45, 7) is 4.07. The number of allylic oxidation sites excluding steroid dienone is 16. The second kappa shape index (κ2) is 71.1. The Hall–Kier alpha value is -3.18.